The summed E-state index contributed by atoms with van der Waals surface area (Å²) in [7, 11) is 0. The standard InChI is InChI=1S/C21H19N3O4/c1-12(25)28-19-17(24-20(27)16-6-4-5-9-23-16)15-10-13(11-22)7-8-14(15)18(26)21(19,2)3/h4-10,17,19H,1-3H3,(H,24,27)/t17-,19+/m0/s1. The Hall–Kier alpha value is -3.53. The molecule has 0 fully saturated rings. The van der Waals surface area contributed by atoms with Crippen molar-refractivity contribution in [2.24, 2.45) is 5.41 Å². The van der Waals surface area contributed by atoms with Gasteiger partial charge in [-0.2, -0.15) is 5.26 Å². The maximum Gasteiger partial charge on any atom is 0.303 e. The lowest BCUT2D eigenvalue weighted by atomic mass is 9.68. The van der Waals surface area contributed by atoms with Crippen molar-refractivity contribution in [1.82, 2.24) is 10.3 Å². The van der Waals surface area contributed by atoms with Gasteiger partial charge in [0.15, 0.2) is 5.78 Å². The molecule has 0 unspecified atom stereocenters. The molecule has 1 aromatic heterocycles. The Labute approximate surface area is 162 Å². The average Bonchev–Trinajstić information content (AvgIpc) is 2.68. The molecule has 0 spiro atoms. The molecule has 7 nitrogen and oxygen atoms in total. The van der Waals surface area contributed by atoms with Crippen LogP contribution in [0, 0.1) is 16.7 Å². The van der Waals surface area contributed by atoms with E-state index >= 15 is 0 Å². The maximum atomic E-state index is 13.0. The predicted molar refractivity (Wildman–Crippen MR) is 99.3 cm³/mol. The van der Waals surface area contributed by atoms with Gasteiger partial charge in [-0.3, -0.25) is 19.4 Å². The first-order chi connectivity index (χ1) is 13.3. The number of aromatic nitrogens is 1. The zero-order chi connectivity index (χ0) is 20.5. The van der Waals surface area contributed by atoms with Crippen LogP contribution in [0.15, 0.2) is 42.6 Å². The lowest BCUT2D eigenvalue weighted by molar-refractivity contribution is -0.153. The van der Waals surface area contributed by atoms with E-state index in [4.69, 9.17) is 4.74 Å². The molecule has 1 aliphatic rings. The van der Waals surface area contributed by atoms with Crippen LogP contribution in [0.4, 0.5) is 0 Å². The predicted octanol–water partition coefficient (Wildman–Crippen LogP) is 2.58. The molecular formula is C21H19N3O4. The van der Waals surface area contributed by atoms with Crippen molar-refractivity contribution in [3.63, 3.8) is 0 Å². The molecule has 0 saturated carbocycles. The number of Topliss-reactive ketones (excluding diaryl/α,β-unsaturated/α-hetero) is 1. The van der Waals surface area contributed by atoms with Crippen LogP contribution in [0.2, 0.25) is 0 Å². The summed E-state index contributed by atoms with van der Waals surface area (Å²) in [4.78, 5) is 41.5. The third-order valence-corrected chi connectivity index (χ3v) is 4.84. The smallest absolute Gasteiger partial charge is 0.303 e. The molecule has 0 aliphatic heterocycles. The second-order valence-electron chi connectivity index (χ2n) is 7.16. The monoisotopic (exact) mass is 377 g/mol. The fourth-order valence-corrected chi connectivity index (χ4v) is 3.41. The second-order valence-corrected chi connectivity index (χ2v) is 7.16. The molecule has 1 amide bonds. The quantitative estimate of drug-likeness (QED) is 0.824. The first-order valence-electron chi connectivity index (χ1n) is 8.73. The van der Waals surface area contributed by atoms with E-state index in [-0.39, 0.29) is 11.5 Å². The minimum Gasteiger partial charge on any atom is -0.459 e. The van der Waals surface area contributed by atoms with Crippen LogP contribution in [-0.2, 0) is 9.53 Å². The minimum absolute atomic E-state index is 0.191. The molecule has 0 bridgehead atoms. The first-order valence-corrected chi connectivity index (χ1v) is 8.73. The zero-order valence-corrected chi connectivity index (χ0v) is 15.7. The second kappa shape index (κ2) is 7.24. The van der Waals surface area contributed by atoms with E-state index in [0.29, 0.717) is 16.7 Å². The number of nitrogens with zero attached hydrogens (tertiary/aromatic N) is 2. The van der Waals surface area contributed by atoms with Crippen molar-refractivity contribution in [2.75, 3.05) is 0 Å². The van der Waals surface area contributed by atoms with Gasteiger partial charge in [-0.25, -0.2) is 0 Å². The van der Waals surface area contributed by atoms with Crippen LogP contribution in [0.1, 0.15) is 58.8 Å². The van der Waals surface area contributed by atoms with Gasteiger partial charge >= 0.3 is 5.97 Å². The number of carbonyl (C=O) groups excluding carboxylic acids is 3. The van der Waals surface area contributed by atoms with Crippen molar-refractivity contribution in [3.8, 4) is 6.07 Å². The van der Waals surface area contributed by atoms with Crippen molar-refractivity contribution in [3.05, 3.63) is 65.0 Å². The number of ketones is 1. The first kappa shape index (κ1) is 19.2. The molecular weight excluding hydrogens is 358 g/mol. The third kappa shape index (κ3) is 3.37. The fraction of sp³-hybridized carbons (Fsp3) is 0.286. The van der Waals surface area contributed by atoms with Gasteiger partial charge in [0.2, 0.25) is 0 Å². The Morgan fingerprint density at radius 3 is 2.61 bits per heavy atom. The Balaban J connectivity index is 2.12. The minimum atomic E-state index is -1.07. The van der Waals surface area contributed by atoms with Crippen LogP contribution in [0.3, 0.4) is 0 Å². The van der Waals surface area contributed by atoms with E-state index in [1.54, 1.807) is 50.2 Å². The Bertz CT molecular complexity index is 992. The number of rotatable bonds is 3. The Morgan fingerprint density at radius 2 is 2.00 bits per heavy atom. The van der Waals surface area contributed by atoms with E-state index < -0.39 is 29.4 Å². The van der Waals surface area contributed by atoms with Gasteiger partial charge in [0, 0.05) is 18.7 Å². The van der Waals surface area contributed by atoms with E-state index in [2.05, 4.69) is 10.3 Å². The molecule has 1 aliphatic carbocycles. The maximum absolute atomic E-state index is 13.0. The Morgan fingerprint density at radius 1 is 1.25 bits per heavy atom. The highest BCUT2D eigenvalue weighted by molar-refractivity contribution is 6.04. The van der Waals surface area contributed by atoms with Crippen LogP contribution >= 0.6 is 0 Å². The number of amides is 1. The number of hydrogen-bond acceptors (Lipinski definition) is 6. The molecule has 1 heterocycles. The number of nitriles is 1. The molecule has 3 rings (SSSR count). The highest BCUT2D eigenvalue weighted by atomic mass is 16.5. The van der Waals surface area contributed by atoms with Gasteiger partial charge in [-0.15, -0.1) is 0 Å². The number of pyridine rings is 1. The molecule has 1 aromatic carbocycles. The molecule has 0 radical (unpaired) electrons. The number of benzene rings is 1. The summed E-state index contributed by atoms with van der Waals surface area (Å²) < 4.78 is 5.48. The number of nitrogens with one attached hydrogen (secondary N) is 1. The Kier molecular flexibility index (Phi) is 4.97. The van der Waals surface area contributed by atoms with Gasteiger partial charge in [0.05, 0.1) is 23.1 Å². The SMILES string of the molecule is CC(=O)O[C@@H]1[C@@H](NC(=O)c2ccccn2)c2cc(C#N)ccc2C(=O)C1(C)C. The van der Waals surface area contributed by atoms with Gasteiger partial charge in [-0.1, -0.05) is 6.07 Å². The van der Waals surface area contributed by atoms with E-state index in [1.807, 2.05) is 6.07 Å². The summed E-state index contributed by atoms with van der Waals surface area (Å²) in [6, 6.07) is 10.8. The highest BCUT2D eigenvalue weighted by Crippen LogP contribution is 2.43. The summed E-state index contributed by atoms with van der Waals surface area (Å²) in [6.07, 6.45) is 0.556. The largest absolute Gasteiger partial charge is 0.459 e. The summed E-state index contributed by atoms with van der Waals surface area (Å²) in [5.41, 5.74) is 0.286. The molecule has 0 saturated heterocycles. The highest BCUT2D eigenvalue weighted by Gasteiger charge is 2.50. The number of ether oxygens (including phenoxy) is 1. The molecule has 1 N–H and O–H groups in total. The van der Waals surface area contributed by atoms with E-state index in [1.165, 1.54) is 13.1 Å². The summed E-state index contributed by atoms with van der Waals surface area (Å²) in [6.45, 7) is 4.59. The number of esters is 1. The van der Waals surface area contributed by atoms with Gasteiger partial charge in [-0.05, 0) is 49.7 Å². The lowest BCUT2D eigenvalue weighted by Crippen LogP contribution is -2.53. The number of fused-ring (bicyclic) bond motifs is 1. The molecule has 2 atom stereocenters. The van der Waals surface area contributed by atoms with Crippen molar-refractivity contribution in [2.45, 2.75) is 32.9 Å². The van der Waals surface area contributed by atoms with Crippen LogP contribution in [0.5, 0.6) is 0 Å². The molecule has 142 valence electrons. The zero-order valence-electron chi connectivity index (χ0n) is 15.7. The van der Waals surface area contributed by atoms with E-state index in [9.17, 15) is 19.6 Å². The lowest BCUT2D eigenvalue weighted by Gasteiger charge is -2.42. The fourth-order valence-electron chi connectivity index (χ4n) is 3.41. The van der Waals surface area contributed by atoms with Gasteiger partial charge < -0.3 is 10.1 Å². The summed E-state index contributed by atoms with van der Waals surface area (Å²) in [5.74, 6) is -1.26. The van der Waals surface area contributed by atoms with Crippen LogP contribution in [-0.4, -0.2) is 28.7 Å². The summed E-state index contributed by atoms with van der Waals surface area (Å²) >= 11 is 0. The van der Waals surface area contributed by atoms with Crippen LogP contribution < -0.4 is 5.32 Å². The van der Waals surface area contributed by atoms with Crippen molar-refractivity contribution in [1.29, 1.82) is 5.26 Å². The number of carbonyl (C=O) groups is 3. The summed E-state index contributed by atoms with van der Waals surface area (Å²) in [5, 5.41) is 12.1. The third-order valence-electron chi connectivity index (χ3n) is 4.84. The van der Waals surface area contributed by atoms with Crippen LogP contribution in [0.25, 0.3) is 0 Å². The van der Waals surface area contributed by atoms with E-state index in [0.717, 1.165) is 0 Å². The van der Waals surface area contributed by atoms with Gasteiger partial charge in [0.25, 0.3) is 5.91 Å². The average molecular weight is 377 g/mol. The number of hydrogen-bond donors (Lipinski definition) is 1. The topological polar surface area (TPSA) is 109 Å². The molecule has 28 heavy (non-hydrogen) atoms. The molecule has 7 heteroatoms. The molecule has 2 aromatic rings. The van der Waals surface area contributed by atoms with Gasteiger partial charge in [0.1, 0.15) is 11.8 Å². The van der Waals surface area contributed by atoms with Crippen molar-refractivity contribution >= 4 is 17.7 Å². The van der Waals surface area contributed by atoms with Crippen molar-refractivity contribution < 1.29 is 19.1 Å². The normalized spacial score (nSPS) is 19.9.